The lowest BCUT2D eigenvalue weighted by Gasteiger charge is -2.10. The molecule has 14 heavy (non-hydrogen) atoms. The first-order valence-electron chi connectivity index (χ1n) is 3.72. The van der Waals surface area contributed by atoms with E-state index >= 15 is 0 Å². The SMILES string of the molecule is COc1c(F)cc(CNO)c(O)c1Cl. The van der Waals surface area contributed by atoms with E-state index < -0.39 is 5.82 Å². The molecule has 0 unspecified atom stereocenters. The molecule has 0 bridgehead atoms. The van der Waals surface area contributed by atoms with Crippen molar-refractivity contribution in [3.05, 3.63) is 22.5 Å². The molecule has 0 aliphatic carbocycles. The number of hydrogen-bond donors (Lipinski definition) is 3. The largest absolute Gasteiger partial charge is 0.506 e. The van der Waals surface area contributed by atoms with Crippen LogP contribution >= 0.6 is 11.6 Å². The number of nitrogens with one attached hydrogen (secondary N) is 1. The highest BCUT2D eigenvalue weighted by Gasteiger charge is 2.16. The van der Waals surface area contributed by atoms with Crippen LogP contribution < -0.4 is 10.2 Å². The number of benzene rings is 1. The van der Waals surface area contributed by atoms with Crippen LogP contribution in [0.25, 0.3) is 0 Å². The van der Waals surface area contributed by atoms with Crippen LogP contribution in [0.4, 0.5) is 4.39 Å². The van der Waals surface area contributed by atoms with Crippen molar-refractivity contribution in [2.45, 2.75) is 6.54 Å². The van der Waals surface area contributed by atoms with Gasteiger partial charge in [0, 0.05) is 12.1 Å². The van der Waals surface area contributed by atoms with E-state index in [9.17, 15) is 9.50 Å². The summed E-state index contributed by atoms with van der Waals surface area (Å²) in [4.78, 5) is 0. The number of methoxy groups -OCH3 is 1. The summed E-state index contributed by atoms with van der Waals surface area (Å²) in [5.74, 6) is -1.22. The van der Waals surface area contributed by atoms with Crippen LogP contribution in [0.1, 0.15) is 5.56 Å². The molecule has 3 N–H and O–H groups in total. The maximum absolute atomic E-state index is 13.2. The second-order valence-electron chi connectivity index (χ2n) is 2.55. The zero-order valence-corrected chi connectivity index (χ0v) is 8.10. The lowest BCUT2D eigenvalue weighted by molar-refractivity contribution is 0.160. The van der Waals surface area contributed by atoms with Crippen LogP contribution in [-0.2, 0) is 6.54 Å². The first-order valence-corrected chi connectivity index (χ1v) is 4.10. The molecule has 0 radical (unpaired) electrons. The highest BCUT2D eigenvalue weighted by Crippen LogP contribution is 2.38. The number of hydroxylamine groups is 1. The molecule has 4 nitrogen and oxygen atoms in total. The van der Waals surface area contributed by atoms with Gasteiger partial charge in [-0.05, 0) is 6.07 Å². The van der Waals surface area contributed by atoms with Crippen molar-refractivity contribution in [3.8, 4) is 11.5 Å². The molecule has 0 aliphatic rings. The Bertz CT molecular complexity index is 346. The Morgan fingerprint density at radius 2 is 2.29 bits per heavy atom. The lowest BCUT2D eigenvalue weighted by atomic mass is 10.2. The van der Waals surface area contributed by atoms with Crippen molar-refractivity contribution in [1.29, 1.82) is 0 Å². The van der Waals surface area contributed by atoms with Gasteiger partial charge in [-0.15, -0.1) is 0 Å². The summed E-state index contributed by atoms with van der Waals surface area (Å²) in [6.07, 6.45) is 0. The van der Waals surface area contributed by atoms with Gasteiger partial charge in [-0.25, -0.2) is 9.87 Å². The summed E-state index contributed by atoms with van der Waals surface area (Å²) in [7, 11) is 1.24. The van der Waals surface area contributed by atoms with Gasteiger partial charge in [0.05, 0.1) is 7.11 Å². The Labute approximate surface area is 84.8 Å². The number of phenols is 1. The molecule has 6 heteroatoms. The number of rotatable bonds is 3. The molecule has 0 saturated heterocycles. The predicted octanol–water partition coefficient (Wildman–Crippen LogP) is 1.67. The number of phenolic OH excluding ortho intramolecular Hbond substituents is 1. The Morgan fingerprint density at radius 3 is 2.79 bits per heavy atom. The third-order valence-corrected chi connectivity index (χ3v) is 2.05. The van der Waals surface area contributed by atoms with Crippen LogP contribution in [0.15, 0.2) is 6.07 Å². The Kier molecular flexibility index (Phi) is 3.51. The predicted molar refractivity (Wildman–Crippen MR) is 48.3 cm³/mol. The van der Waals surface area contributed by atoms with E-state index in [-0.39, 0.29) is 28.6 Å². The summed E-state index contributed by atoms with van der Waals surface area (Å²) >= 11 is 5.62. The van der Waals surface area contributed by atoms with Gasteiger partial charge in [-0.3, -0.25) is 0 Å². The Hall–Kier alpha value is -1.04. The minimum absolute atomic E-state index is 0.105. The van der Waals surface area contributed by atoms with Crippen molar-refractivity contribution >= 4 is 11.6 Å². The van der Waals surface area contributed by atoms with E-state index in [0.717, 1.165) is 6.07 Å². The number of halogens is 2. The summed E-state index contributed by atoms with van der Waals surface area (Å²) in [5.41, 5.74) is 1.94. The lowest BCUT2D eigenvalue weighted by Crippen LogP contribution is -2.07. The molecular formula is C8H9ClFNO3. The highest BCUT2D eigenvalue weighted by molar-refractivity contribution is 6.33. The number of hydrogen-bond acceptors (Lipinski definition) is 4. The molecule has 0 amide bonds. The molecule has 1 rings (SSSR count). The molecule has 0 saturated carbocycles. The maximum Gasteiger partial charge on any atom is 0.176 e. The minimum Gasteiger partial charge on any atom is -0.506 e. The molecular weight excluding hydrogens is 213 g/mol. The normalized spacial score (nSPS) is 10.3. The first kappa shape index (κ1) is 11.0. The van der Waals surface area contributed by atoms with Crippen LogP contribution in [0, 0.1) is 5.82 Å². The molecule has 0 aliphatic heterocycles. The van der Waals surface area contributed by atoms with Crippen molar-refractivity contribution < 1.29 is 19.4 Å². The number of aromatic hydroxyl groups is 1. The molecule has 0 aromatic heterocycles. The van der Waals surface area contributed by atoms with E-state index in [4.69, 9.17) is 16.8 Å². The van der Waals surface area contributed by atoms with Crippen molar-refractivity contribution in [1.82, 2.24) is 5.48 Å². The fourth-order valence-corrected chi connectivity index (χ4v) is 1.34. The average molecular weight is 222 g/mol. The average Bonchev–Trinajstić information content (AvgIpc) is 2.15. The molecule has 0 atom stereocenters. The van der Waals surface area contributed by atoms with E-state index in [0.29, 0.717) is 0 Å². The van der Waals surface area contributed by atoms with Gasteiger partial charge in [0.15, 0.2) is 11.6 Å². The summed E-state index contributed by atoms with van der Waals surface area (Å²) in [6.45, 7) is -0.105. The summed E-state index contributed by atoms with van der Waals surface area (Å²) < 4.78 is 17.8. The standard InChI is InChI=1S/C8H9ClFNO3/c1-14-8-5(10)2-4(3-11-13)7(12)6(8)9/h2,11-13H,3H2,1H3. The van der Waals surface area contributed by atoms with Gasteiger partial charge < -0.3 is 15.1 Å². The van der Waals surface area contributed by atoms with E-state index in [2.05, 4.69) is 4.74 Å². The maximum atomic E-state index is 13.2. The number of ether oxygens (including phenoxy) is 1. The Morgan fingerprint density at radius 1 is 1.64 bits per heavy atom. The van der Waals surface area contributed by atoms with Crippen LogP contribution in [0.5, 0.6) is 11.5 Å². The minimum atomic E-state index is -0.694. The van der Waals surface area contributed by atoms with Gasteiger partial charge in [0.2, 0.25) is 0 Å². The van der Waals surface area contributed by atoms with Crippen LogP contribution in [-0.4, -0.2) is 17.4 Å². The van der Waals surface area contributed by atoms with E-state index in [1.54, 1.807) is 5.48 Å². The van der Waals surface area contributed by atoms with Crippen LogP contribution in [0.3, 0.4) is 0 Å². The monoisotopic (exact) mass is 221 g/mol. The first-order chi connectivity index (χ1) is 6.61. The summed E-state index contributed by atoms with van der Waals surface area (Å²) in [6, 6.07) is 1.03. The second kappa shape index (κ2) is 4.45. The topological polar surface area (TPSA) is 61.7 Å². The Balaban J connectivity index is 3.25. The molecule has 1 aromatic rings. The molecule has 0 heterocycles. The third kappa shape index (κ3) is 1.89. The van der Waals surface area contributed by atoms with Gasteiger partial charge in [0.25, 0.3) is 0 Å². The van der Waals surface area contributed by atoms with E-state index in [1.165, 1.54) is 7.11 Å². The van der Waals surface area contributed by atoms with E-state index in [1.807, 2.05) is 0 Å². The van der Waals surface area contributed by atoms with Gasteiger partial charge >= 0.3 is 0 Å². The fourth-order valence-electron chi connectivity index (χ4n) is 1.05. The zero-order chi connectivity index (χ0) is 10.7. The summed E-state index contributed by atoms with van der Waals surface area (Å²) in [5, 5.41) is 17.6. The van der Waals surface area contributed by atoms with Crippen molar-refractivity contribution in [3.63, 3.8) is 0 Å². The van der Waals surface area contributed by atoms with Gasteiger partial charge in [-0.2, -0.15) is 0 Å². The van der Waals surface area contributed by atoms with Crippen molar-refractivity contribution in [2.24, 2.45) is 0 Å². The third-order valence-electron chi connectivity index (χ3n) is 1.70. The fraction of sp³-hybridized carbons (Fsp3) is 0.250. The van der Waals surface area contributed by atoms with Crippen molar-refractivity contribution in [2.75, 3.05) is 7.11 Å². The molecule has 0 fully saturated rings. The molecule has 1 aromatic carbocycles. The van der Waals surface area contributed by atoms with Crippen LogP contribution in [0.2, 0.25) is 5.02 Å². The van der Waals surface area contributed by atoms with Gasteiger partial charge in [0.1, 0.15) is 10.8 Å². The molecule has 0 spiro atoms. The smallest absolute Gasteiger partial charge is 0.176 e. The zero-order valence-electron chi connectivity index (χ0n) is 7.34. The quantitative estimate of drug-likeness (QED) is 0.680. The second-order valence-corrected chi connectivity index (χ2v) is 2.93. The molecule has 78 valence electrons. The van der Waals surface area contributed by atoms with Gasteiger partial charge in [-0.1, -0.05) is 11.6 Å². The highest BCUT2D eigenvalue weighted by atomic mass is 35.5.